The Hall–Kier alpha value is -2.04. The van der Waals surface area contributed by atoms with Crippen molar-refractivity contribution in [1.29, 1.82) is 0 Å². The topological polar surface area (TPSA) is 75.6 Å². The molecule has 0 radical (unpaired) electrons. The van der Waals surface area contributed by atoms with Crippen molar-refractivity contribution in [2.45, 2.75) is 46.0 Å². The Morgan fingerprint density at radius 2 is 2.00 bits per heavy atom. The second-order valence-electron chi connectivity index (χ2n) is 4.81. The van der Waals surface area contributed by atoms with Gasteiger partial charge in [0, 0.05) is 12.8 Å². The highest BCUT2D eigenvalue weighted by Crippen LogP contribution is 2.27. The fourth-order valence-electron chi connectivity index (χ4n) is 1.98. The van der Waals surface area contributed by atoms with E-state index < -0.39 is 5.97 Å². The lowest BCUT2D eigenvalue weighted by Crippen LogP contribution is -2.12. The van der Waals surface area contributed by atoms with E-state index in [1.807, 2.05) is 32.0 Å². The van der Waals surface area contributed by atoms with Crippen molar-refractivity contribution in [3.05, 3.63) is 23.8 Å². The Bertz CT molecular complexity index is 485. The molecule has 0 saturated carbocycles. The average Bonchev–Trinajstić information content (AvgIpc) is 2.42. The van der Waals surface area contributed by atoms with E-state index in [4.69, 9.17) is 9.84 Å². The normalized spacial score (nSPS) is 10.2. The summed E-state index contributed by atoms with van der Waals surface area (Å²) in [5.74, 6) is -0.185. The van der Waals surface area contributed by atoms with Crippen LogP contribution in [0.25, 0.3) is 0 Å². The van der Waals surface area contributed by atoms with E-state index in [-0.39, 0.29) is 12.3 Å². The molecule has 1 aromatic carbocycles. The Kier molecular flexibility index (Phi) is 7.29. The van der Waals surface area contributed by atoms with Crippen LogP contribution in [0.1, 0.15) is 45.1 Å². The Morgan fingerprint density at radius 1 is 1.24 bits per heavy atom. The number of aliphatic carboxylic acids is 1. The zero-order chi connectivity index (χ0) is 15.7. The number of anilines is 1. The molecule has 1 rings (SSSR count). The van der Waals surface area contributed by atoms with E-state index in [2.05, 4.69) is 5.32 Å². The van der Waals surface area contributed by atoms with Crippen molar-refractivity contribution < 1.29 is 19.4 Å². The van der Waals surface area contributed by atoms with Crippen molar-refractivity contribution in [1.82, 2.24) is 0 Å². The molecule has 2 N–H and O–H groups in total. The van der Waals surface area contributed by atoms with Crippen molar-refractivity contribution in [3.8, 4) is 5.75 Å². The molecule has 0 aromatic heterocycles. The van der Waals surface area contributed by atoms with Gasteiger partial charge in [-0.3, -0.25) is 9.59 Å². The summed E-state index contributed by atoms with van der Waals surface area (Å²) in [5.41, 5.74) is 1.67. The minimum atomic E-state index is -0.788. The van der Waals surface area contributed by atoms with Gasteiger partial charge < -0.3 is 15.2 Å². The monoisotopic (exact) mass is 293 g/mol. The molecular weight excluding hydrogens is 270 g/mol. The zero-order valence-electron chi connectivity index (χ0n) is 12.6. The van der Waals surface area contributed by atoms with Crippen LogP contribution in [0.15, 0.2) is 18.2 Å². The van der Waals surface area contributed by atoms with Gasteiger partial charge in [0.2, 0.25) is 5.91 Å². The largest absolute Gasteiger partial charge is 0.492 e. The summed E-state index contributed by atoms with van der Waals surface area (Å²) >= 11 is 0. The fraction of sp³-hybridized carbons (Fsp3) is 0.500. The van der Waals surface area contributed by atoms with Gasteiger partial charge in [0.25, 0.3) is 0 Å². The molecule has 0 aliphatic rings. The number of hydrogen-bond acceptors (Lipinski definition) is 3. The number of aryl methyl sites for hydroxylation is 1. The van der Waals surface area contributed by atoms with Crippen LogP contribution in [0, 0.1) is 0 Å². The average molecular weight is 293 g/mol. The summed E-state index contributed by atoms with van der Waals surface area (Å²) in [5, 5.41) is 11.5. The highest BCUT2D eigenvalue weighted by molar-refractivity contribution is 5.92. The molecule has 0 aliphatic carbocycles. The number of benzene rings is 1. The summed E-state index contributed by atoms with van der Waals surface area (Å²) in [6, 6.07) is 5.58. The molecule has 0 bridgehead atoms. The molecule has 21 heavy (non-hydrogen) atoms. The molecule has 1 amide bonds. The van der Waals surface area contributed by atoms with Crippen LogP contribution >= 0.6 is 0 Å². The van der Waals surface area contributed by atoms with Gasteiger partial charge in [-0.1, -0.05) is 13.0 Å². The van der Waals surface area contributed by atoms with Gasteiger partial charge in [-0.2, -0.15) is 0 Å². The summed E-state index contributed by atoms with van der Waals surface area (Å²) < 4.78 is 5.55. The molecule has 5 nitrogen and oxygen atoms in total. The maximum absolute atomic E-state index is 11.7. The lowest BCUT2D eigenvalue weighted by molar-refractivity contribution is -0.137. The number of amides is 1. The molecule has 116 valence electrons. The Labute approximate surface area is 125 Å². The summed E-state index contributed by atoms with van der Waals surface area (Å²) in [7, 11) is 0. The summed E-state index contributed by atoms with van der Waals surface area (Å²) in [6.07, 6.45) is 2.69. The van der Waals surface area contributed by atoms with Crippen molar-refractivity contribution in [2.75, 3.05) is 11.9 Å². The summed E-state index contributed by atoms with van der Waals surface area (Å²) in [4.78, 5) is 22.2. The number of carboxylic acid groups (broad SMARTS) is 1. The van der Waals surface area contributed by atoms with Crippen molar-refractivity contribution in [2.24, 2.45) is 0 Å². The molecule has 0 heterocycles. The first-order chi connectivity index (χ1) is 10.1. The molecule has 1 aromatic rings. The third kappa shape index (κ3) is 6.29. The first-order valence-corrected chi connectivity index (χ1v) is 7.34. The van der Waals surface area contributed by atoms with Gasteiger partial charge >= 0.3 is 5.97 Å². The lowest BCUT2D eigenvalue weighted by atomic mass is 10.1. The Morgan fingerprint density at radius 3 is 2.62 bits per heavy atom. The smallest absolute Gasteiger partial charge is 0.303 e. The van der Waals surface area contributed by atoms with Gasteiger partial charge in [-0.25, -0.2) is 0 Å². The molecule has 0 fully saturated rings. The van der Waals surface area contributed by atoms with Crippen molar-refractivity contribution >= 4 is 17.6 Å². The highest BCUT2D eigenvalue weighted by atomic mass is 16.5. The van der Waals surface area contributed by atoms with Crippen LogP contribution in [0.2, 0.25) is 0 Å². The second kappa shape index (κ2) is 9.00. The van der Waals surface area contributed by atoms with E-state index in [9.17, 15) is 9.59 Å². The molecule has 0 atom stereocenters. The van der Waals surface area contributed by atoms with Crippen LogP contribution in [-0.4, -0.2) is 23.6 Å². The minimum absolute atomic E-state index is 0.0305. The van der Waals surface area contributed by atoms with E-state index in [0.29, 0.717) is 37.3 Å². The zero-order valence-corrected chi connectivity index (χ0v) is 12.6. The standard InChI is InChI=1S/C16H23NO4/c1-3-6-15(18)17-13-10-9-12(7-5-8-16(19)20)11-14(13)21-4-2/h9-11H,3-8H2,1-2H3,(H,17,18)(H,19,20). The first-order valence-electron chi connectivity index (χ1n) is 7.34. The maximum atomic E-state index is 11.7. The number of ether oxygens (including phenoxy) is 1. The lowest BCUT2D eigenvalue weighted by Gasteiger charge is -2.13. The second-order valence-corrected chi connectivity index (χ2v) is 4.81. The predicted molar refractivity (Wildman–Crippen MR) is 81.7 cm³/mol. The van der Waals surface area contributed by atoms with Crippen LogP contribution in [0.3, 0.4) is 0 Å². The van der Waals surface area contributed by atoms with E-state index >= 15 is 0 Å². The summed E-state index contributed by atoms with van der Waals surface area (Å²) in [6.45, 7) is 4.35. The molecule has 0 aliphatic heterocycles. The third-order valence-electron chi connectivity index (χ3n) is 2.95. The number of hydrogen-bond donors (Lipinski definition) is 2. The van der Waals surface area contributed by atoms with E-state index in [0.717, 1.165) is 12.0 Å². The highest BCUT2D eigenvalue weighted by Gasteiger charge is 2.09. The number of nitrogens with one attached hydrogen (secondary N) is 1. The van der Waals surface area contributed by atoms with Gasteiger partial charge in [-0.15, -0.1) is 0 Å². The SMILES string of the molecule is CCCC(=O)Nc1ccc(CCCC(=O)O)cc1OCC. The minimum Gasteiger partial charge on any atom is -0.492 e. The number of carbonyl (C=O) groups excluding carboxylic acids is 1. The van der Waals surface area contributed by atoms with Gasteiger partial charge in [0.1, 0.15) is 5.75 Å². The van der Waals surface area contributed by atoms with Gasteiger partial charge in [0.15, 0.2) is 0 Å². The predicted octanol–water partition coefficient (Wildman–Crippen LogP) is 3.23. The van der Waals surface area contributed by atoms with E-state index in [1.165, 1.54) is 0 Å². The fourth-order valence-corrected chi connectivity index (χ4v) is 1.98. The molecule has 0 spiro atoms. The Balaban J connectivity index is 2.75. The van der Waals surface area contributed by atoms with Crippen LogP contribution in [-0.2, 0) is 16.0 Å². The third-order valence-corrected chi connectivity index (χ3v) is 2.95. The van der Waals surface area contributed by atoms with E-state index in [1.54, 1.807) is 0 Å². The molecule has 0 saturated heterocycles. The molecule has 5 heteroatoms. The van der Waals surface area contributed by atoms with Gasteiger partial charge in [0.05, 0.1) is 12.3 Å². The molecular formula is C16H23NO4. The van der Waals surface area contributed by atoms with Crippen LogP contribution < -0.4 is 10.1 Å². The number of rotatable bonds is 9. The maximum Gasteiger partial charge on any atom is 0.303 e. The van der Waals surface area contributed by atoms with Crippen molar-refractivity contribution in [3.63, 3.8) is 0 Å². The van der Waals surface area contributed by atoms with Crippen LogP contribution in [0.4, 0.5) is 5.69 Å². The molecule has 0 unspecified atom stereocenters. The van der Waals surface area contributed by atoms with Crippen LogP contribution in [0.5, 0.6) is 5.75 Å². The van der Waals surface area contributed by atoms with Gasteiger partial charge in [-0.05, 0) is 43.9 Å². The quantitative estimate of drug-likeness (QED) is 0.733. The number of carboxylic acids is 1. The number of carbonyl (C=O) groups is 2. The first kappa shape index (κ1) is 17.0.